The van der Waals surface area contributed by atoms with Crippen molar-refractivity contribution in [3.8, 4) is 0 Å². The van der Waals surface area contributed by atoms with E-state index in [4.69, 9.17) is 0 Å². The number of likely N-dealkylation sites (N-methyl/N-ethyl adjacent to an activating group) is 1. The number of rotatable bonds is 4. The number of carbonyl (C=O) groups is 1. The largest absolute Gasteiger partial charge is 0.340 e. The molecule has 3 rings (SSSR count). The Balaban J connectivity index is 0.00000225. The summed E-state index contributed by atoms with van der Waals surface area (Å²) >= 11 is 0. The molecule has 5 nitrogen and oxygen atoms in total. The van der Waals surface area contributed by atoms with Gasteiger partial charge in [-0.05, 0) is 25.5 Å². The van der Waals surface area contributed by atoms with Crippen molar-refractivity contribution in [2.45, 2.75) is 31.2 Å². The highest BCUT2D eigenvalue weighted by Crippen LogP contribution is 2.34. The molecule has 0 saturated carbocycles. The normalized spacial score (nSPS) is 21.5. The van der Waals surface area contributed by atoms with E-state index in [2.05, 4.69) is 41.6 Å². The number of hydrogen-bond donors (Lipinski definition) is 1. The van der Waals surface area contributed by atoms with Crippen LogP contribution in [0.5, 0.6) is 0 Å². The Hall–Kier alpha value is -1.85. The molecule has 1 fully saturated rings. The molecule has 2 atom stereocenters. The summed E-state index contributed by atoms with van der Waals surface area (Å²) in [6, 6.07) is 10.2. The fourth-order valence-corrected chi connectivity index (χ4v) is 3.71. The van der Waals surface area contributed by atoms with Crippen LogP contribution in [-0.4, -0.2) is 40.7 Å². The lowest BCUT2D eigenvalue weighted by atomic mass is 9.76. The minimum absolute atomic E-state index is 0. The van der Waals surface area contributed by atoms with Gasteiger partial charge in [0.15, 0.2) is 0 Å². The number of amides is 1. The molecule has 2 aromatic rings. The zero-order chi connectivity index (χ0) is 17.2. The molecule has 0 radical (unpaired) electrons. The maximum absolute atomic E-state index is 13.1. The van der Waals surface area contributed by atoms with Crippen LogP contribution in [0.2, 0.25) is 0 Å². The predicted octanol–water partition coefficient (Wildman–Crippen LogP) is 2.68. The van der Waals surface area contributed by atoms with Crippen LogP contribution in [-0.2, 0) is 17.3 Å². The van der Waals surface area contributed by atoms with Crippen molar-refractivity contribution in [2.24, 2.45) is 7.05 Å². The maximum Gasteiger partial charge on any atom is 0.244 e. The van der Waals surface area contributed by atoms with E-state index in [9.17, 15) is 4.79 Å². The Morgan fingerprint density at radius 3 is 2.64 bits per heavy atom. The standard InChI is InChI=1S/C19H26N4O.ClH/c1-19(16-8-5-4-6-9-16)10-7-11-23(14-19)18(24)17(20-2)15-12-21-22(3)13-15;/h4-6,8-9,12-13,17,20H,7,10-11,14H2,1-3H3;1H. The summed E-state index contributed by atoms with van der Waals surface area (Å²) in [4.78, 5) is 15.1. The highest BCUT2D eigenvalue weighted by molar-refractivity contribution is 5.85. The predicted molar refractivity (Wildman–Crippen MR) is 102 cm³/mol. The molecule has 0 bridgehead atoms. The van der Waals surface area contributed by atoms with Crippen molar-refractivity contribution in [3.63, 3.8) is 0 Å². The van der Waals surface area contributed by atoms with Gasteiger partial charge in [0.25, 0.3) is 0 Å². The van der Waals surface area contributed by atoms with Crippen molar-refractivity contribution in [1.82, 2.24) is 20.0 Å². The third kappa shape index (κ3) is 4.05. The number of halogens is 1. The molecular weight excluding hydrogens is 336 g/mol. The van der Waals surface area contributed by atoms with Crippen LogP contribution in [0.15, 0.2) is 42.7 Å². The lowest BCUT2D eigenvalue weighted by Crippen LogP contribution is -2.50. The van der Waals surface area contributed by atoms with Crippen molar-refractivity contribution in [2.75, 3.05) is 20.1 Å². The van der Waals surface area contributed by atoms with Gasteiger partial charge in [-0.3, -0.25) is 9.48 Å². The molecular formula is C19H27ClN4O. The van der Waals surface area contributed by atoms with E-state index >= 15 is 0 Å². The van der Waals surface area contributed by atoms with Gasteiger partial charge in [-0.2, -0.15) is 5.10 Å². The lowest BCUT2D eigenvalue weighted by molar-refractivity contribution is -0.135. The molecule has 1 aromatic heterocycles. The van der Waals surface area contributed by atoms with Gasteiger partial charge in [-0.25, -0.2) is 0 Å². The van der Waals surface area contributed by atoms with E-state index in [1.165, 1.54) is 5.56 Å². The van der Waals surface area contributed by atoms with E-state index in [0.717, 1.165) is 31.5 Å². The summed E-state index contributed by atoms with van der Waals surface area (Å²) in [6.45, 7) is 3.84. The number of nitrogens with zero attached hydrogens (tertiary/aromatic N) is 3. The zero-order valence-corrected chi connectivity index (χ0v) is 15.9. The first-order valence-corrected chi connectivity index (χ1v) is 8.53. The molecule has 6 heteroatoms. The van der Waals surface area contributed by atoms with Crippen LogP contribution < -0.4 is 5.32 Å². The monoisotopic (exact) mass is 362 g/mol. The highest BCUT2D eigenvalue weighted by atomic mass is 35.5. The minimum Gasteiger partial charge on any atom is -0.340 e. The van der Waals surface area contributed by atoms with Gasteiger partial charge < -0.3 is 10.2 Å². The van der Waals surface area contributed by atoms with Crippen LogP contribution in [0.3, 0.4) is 0 Å². The molecule has 1 aliphatic heterocycles. The Bertz CT molecular complexity index is 702. The van der Waals surface area contributed by atoms with Gasteiger partial charge in [0, 0.05) is 37.3 Å². The highest BCUT2D eigenvalue weighted by Gasteiger charge is 2.36. The molecule has 136 valence electrons. The third-order valence-electron chi connectivity index (χ3n) is 5.07. The molecule has 1 aromatic carbocycles. The number of aryl methyl sites for hydroxylation is 1. The quantitative estimate of drug-likeness (QED) is 0.909. The summed E-state index contributed by atoms with van der Waals surface area (Å²) < 4.78 is 1.73. The number of carbonyl (C=O) groups excluding carboxylic acids is 1. The van der Waals surface area contributed by atoms with E-state index in [0.29, 0.717) is 0 Å². The van der Waals surface area contributed by atoms with Gasteiger partial charge >= 0.3 is 0 Å². The number of nitrogens with one attached hydrogen (secondary N) is 1. The molecule has 1 saturated heterocycles. The Morgan fingerprint density at radius 2 is 2.04 bits per heavy atom. The number of piperidine rings is 1. The van der Waals surface area contributed by atoms with Crippen molar-refractivity contribution < 1.29 is 4.79 Å². The number of hydrogen-bond acceptors (Lipinski definition) is 3. The summed E-state index contributed by atoms with van der Waals surface area (Å²) in [7, 11) is 3.70. The van der Waals surface area contributed by atoms with E-state index < -0.39 is 0 Å². The van der Waals surface area contributed by atoms with Gasteiger partial charge in [-0.1, -0.05) is 37.3 Å². The van der Waals surface area contributed by atoms with Gasteiger partial charge in [0.05, 0.1) is 6.20 Å². The van der Waals surface area contributed by atoms with Crippen LogP contribution >= 0.6 is 12.4 Å². The zero-order valence-electron chi connectivity index (χ0n) is 15.1. The summed E-state index contributed by atoms with van der Waals surface area (Å²) in [6.07, 6.45) is 5.80. The van der Waals surface area contributed by atoms with Crippen molar-refractivity contribution in [1.29, 1.82) is 0 Å². The van der Waals surface area contributed by atoms with Crippen molar-refractivity contribution >= 4 is 18.3 Å². The average molecular weight is 363 g/mol. The SMILES string of the molecule is CNC(C(=O)N1CCCC(C)(c2ccccc2)C1)c1cnn(C)c1.Cl. The molecule has 1 N–H and O–H groups in total. The topological polar surface area (TPSA) is 50.2 Å². The third-order valence-corrected chi connectivity index (χ3v) is 5.07. The molecule has 2 heterocycles. The smallest absolute Gasteiger partial charge is 0.244 e. The van der Waals surface area contributed by atoms with E-state index in [1.807, 2.05) is 31.3 Å². The van der Waals surface area contributed by atoms with Gasteiger partial charge in [0.2, 0.25) is 5.91 Å². The summed E-state index contributed by atoms with van der Waals surface area (Å²) in [5.41, 5.74) is 2.24. The number of likely N-dealkylation sites (tertiary alicyclic amines) is 1. The fourth-order valence-electron chi connectivity index (χ4n) is 3.71. The molecule has 1 amide bonds. The average Bonchev–Trinajstić information content (AvgIpc) is 3.02. The van der Waals surface area contributed by atoms with Crippen LogP contribution in [0.25, 0.3) is 0 Å². The first-order valence-electron chi connectivity index (χ1n) is 8.53. The molecule has 0 spiro atoms. The van der Waals surface area contributed by atoms with E-state index in [1.54, 1.807) is 10.9 Å². The van der Waals surface area contributed by atoms with Crippen LogP contribution in [0.1, 0.15) is 36.9 Å². The first kappa shape index (κ1) is 19.5. The number of aromatic nitrogens is 2. The fraction of sp³-hybridized carbons (Fsp3) is 0.474. The Kier molecular flexibility index (Phi) is 6.25. The second kappa shape index (κ2) is 8.02. The van der Waals surface area contributed by atoms with Gasteiger partial charge in [-0.15, -0.1) is 12.4 Å². The number of benzene rings is 1. The lowest BCUT2D eigenvalue weighted by Gasteiger charge is -2.42. The Morgan fingerprint density at radius 1 is 1.32 bits per heavy atom. The van der Waals surface area contributed by atoms with Crippen LogP contribution in [0, 0.1) is 0 Å². The molecule has 25 heavy (non-hydrogen) atoms. The van der Waals surface area contributed by atoms with Gasteiger partial charge in [0.1, 0.15) is 6.04 Å². The summed E-state index contributed by atoms with van der Waals surface area (Å²) in [5, 5.41) is 7.35. The van der Waals surface area contributed by atoms with Crippen LogP contribution in [0.4, 0.5) is 0 Å². The summed E-state index contributed by atoms with van der Waals surface area (Å²) in [5.74, 6) is 0.132. The Labute approximate surface area is 155 Å². The maximum atomic E-state index is 13.1. The molecule has 1 aliphatic rings. The first-order chi connectivity index (χ1) is 11.5. The molecule has 2 unspecified atom stereocenters. The van der Waals surface area contributed by atoms with Crippen molar-refractivity contribution in [3.05, 3.63) is 53.9 Å². The minimum atomic E-state index is -0.336. The van der Waals surface area contributed by atoms with E-state index in [-0.39, 0.29) is 29.8 Å². The second-order valence-corrected chi connectivity index (χ2v) is 6.96. The molecule has 0 aliphatic carbocycles. The second-order valence-electron chi connectivity index (χ2n) is 6.96.